The summed E-state index contributed by atoms with van der Waals surface area (Å²) < 4.78 is 12.9. The maximum atomic E-state index is 11.5. The van der Waals surface area contributed by atoms with Crippen molar-refractivity contribution in [3.05, 3.63) is 81.9 Å². The van der Waals surface area contributed by atoms with Crippen molar-refractivity contribution in [3.8, 4) is 28.4 Å². The van der Waals surface area contributed by atoms with Crippen LogP contribution in [-0.2, 0) is 24.0 Å². The second-order valence-electron chi connectivity index (χ2n) is 16.4. The summed E-state index contributed by atoms with van der Waals surface area (Å²) in [5, 5.41) is 26.4. The maximum absolute atomic E-state index is 11.5. The number of fused-ring (bicyclic) bond motifs is 5. The molecular weight excluding hydrogens is 647 g/mol. The zero-order valence-corrected chi connectivity index (χ0v) is 32.4. The smallest absolute Gasteiger partial charge is 0.249 e. The molecule has 0 radical (unpaired) electrons. The third kappa shape index (κ3) is 8.41. The summed E-state index contributed by atoms with van der Waals surface area (Å²) in [6.07, 6.45) is 14.9. The fourth-order valence-electron chi connectivity index (χ4n) is 8.68. The van der Waals surface area contributed by atoms with Crippen LogP contribution in [0, 0.1) is 11.3 Å². The van der Waals surface area contributed by atoms with Crippen molar-refractivity contribution in [1.29, 1.82) is 0 Å². The Morgan fingerprint density at radius 2 is 1.60 bits per heavy atom. The summed E-state index contributed by atoms with van der Waals surface area (Å²) >= 11 is 0. The number of phenols is 2. The summed E-state index contributed by atoms with van der Waals surface area (Å²) in [6, 6.07) is 14.1. The molecule has 0 saturated carbocycles. The van der Waals surface area contributed by atoms with Crippen LogP contribution in [0.2, 0.25) is 0 Å². The SMILES string of the molecule is CCCCC(CC)COc1cc(O)c(C2=NC(OC(C)(C)CC(C)(C)CCC)N=C(c3cc4c(c5c3CCC=C5)CCc3ccccc3-4)N2)c(O)c1. The quantitative estimate of drug-likeness (QED) is 0.146. The third-order valence-corrected chi connectivity index (χ3v) is 10.9. The zero-order chi connectivity index (χ0) is 37.0. The molecule has 7 nitrogen and oxygen atoms in total. The molecule has 0 amide bonds. The van der Waals surface area contributed by atoms with Gasteiger partial charge in [-0.1, -0.05) is 96.7 Å². The number of nitrogens with one attached hydrogen (secondary N) is 1. The van der Waals surface area contributed by atoms with Gasteiger partial charge in [-0.25, -0.2) is 9.98 Å². The molecule has 3 aliphatic rings. The van der Waals surface area contributed by atoms with Gasteiger partial charge in [0.05, 0.1) is 12.2 Å². The van der Waals surface area contributed by atoms with E-state index in [0.717, 1.165) is 76.2 Å². The summed E-state index contributed by atoms with van der Waals surface area (Å²) in [7, 11) is 0. The van der Waals surface area contributed by atoms with E-state index in [1.54, 1.807) is 12.1 Å². The van der Waals surface area contributed by atoms with Crippen molar-refractivity contribution in [2.45, 2.75) is 131 Å². The van der Waals surface area contributed by atoms with Gasteiger partial charge < -0.3 is 25.0 Å². The van der Waals surface area contributed by atoms with Crippen LogP contribution in [0.15, 0.2) is 58.5 Å². The Bertz CT molecular complexity index is 1830. The summed E-state index contributed by atoms with van der Waals surface area (Å²) in [6.45, 7) is 15.9. The first-order valence-corrected chi connectivity index (χ1v) is 19.7. The molecule has 1 heterocycles. The monoisotopic (exact) mass is 705 g/mol. The highest BCUT2D eigenvalue weighted by molar-refractivity contribution is 6.18. The minimum absolute atomic E-state index is 0.0707. The van der Waals surface area contributed by atoms with Crippen molar-refractivity contribution in [3.63, 3.8) is 0 Å². The van der Waals surface area contributed by atoms with Crippen molar-refractivity contribution in [1.82, 2.24) is 5.32 Å². The van der Waals surface area contributed by atoms with Crippen LogP contribution in [0.1, 0.15) is 133 Å². The Kier molecular flexibility index (Phi) is 11.5. The van der Waals surface area contributed by atoms with E-state index in [4.69, 9.17) is 19.5 Å². The van der Waals surface area contributed by atoms with Gasteiger partial charge in [0.25, 0.3) is 0 Å². The molecule has 3 N–H and O–H groups in total. The van der Waals surface area contributed by atoms with Gasteiger partial charge in [0.2, 0.25) is 6.35 Å². The van der Waals surface area contributed by atoms with Crippen molar-refractivity contribution in [2.75, 3.05) is 6.61 Å². The minimum Gasteiger partial charge on any atom is -0.507 e. The zero-order valence-electron chi connectivity index (χ0n) is 32.4. The summed E-state index contributed by atoms with van der Waals surface area (Å²) in [5.41, 5.74) is 8.48. The van der Waals surface area contributed by atoms with Crippen molar-refractivity contribution < 1.29 is 19.7 Å². The normalized spacial score (nSPS) is 17.3. The van der Waals surface area contributed by atoms with Gasteiger partial charge in [0.15, 0.2) is 0 Å². The van der Waals surface area contributed by atoms with Gasteiger partial charge in [-0.05, 0) is 110 Å². The van der Waals surface area contributed by atoms with Gasteiger partial charge in [-0.3, -0.25) is 0 Å². The topological polar surface area (TPSA) is 95.7 Å². The number of hydrogen-bond acceptors (Lipinski definition) is 7. The van der Waals surface area contributed by atoms with Gasteiger partial charge in [0, 0.05) is 17.7 Å². The molecule has 2 aliphatic carbocycles. The molecule has 6 rings (SSSR count). The van der Waals surface area contributed by atoms with Crippen molar-refractivity contribution >= 4 is 17.7 Å². The molecule has 2 atom stereocenters. The number of aromatic hydroxyl groups is 2. The number of hydrogen-bond donors (Lipinski definition) is 3. The summed E-state index contributed by atoms with van der Waals surface area (Å²) in [5.74, 6) is 1.55. The molecule has 278 valence electrons. The molecule has 1 aliphatic heterocycles. The van der Waals surface area contributed by atoms with Crippen LogP contribution in [0.4, 0.5) is 0 Å². The minimum atomic E-state index is -0.893. The van der Waals surface area contributed by atoms with Crippen LogP contribution in [0.3, 0.4) is 0 Å². The lowest BCUT2D eigenvalue weighted by molar-refractivity contribution is -0.0867. The second-order valence-corrected chi connectivity index (χ2v) is 16.4. The standard InChI is InChI=1S/C45H59N3O4/c1-8-11-16-29(10-3)27-51-31-24-38(49)40(39(50)25-31)42-46-41(47-43(48-42)52-45(6,7)28-44(4,5)23-9-2)37-26-36-32-18-13-12-17-30(32)21-22-35(36)33-19-14-15-20-34(33)37/h12-14,17-19,24-26,29,43,49-50H,8-11,15-16,20-23,27-28H2,1-7H3,(H,46,47,48). The highest BCUT2D eigenvalue weighted by Crippen LogP contribution is 2.42. The number of benzene rings is 3. The number of aliphatic imine (C=N–C) groups is 2. The Morgan fingerprint density at radius 3 is 2.33 bits per heavy atom. The molecule has 52 heavy (non-hydrogen) atoms. The Labute approximate surface area is 311 Å². The Hall–Kier alpha value is -4.10. The van der Waals surface area contributed by atoms with E-state index in [1.165, 1.54) is 33.4 Å². The average molecular weight is 706 g/mol. The average Bonchev–Trinajstić information content (AvgIpc) is 3.10. The molecular formula is C45H59N3O4. The fourth-order valence-corrected chi connectivity index (χ4v) is 8.68. The van der Waals surface area contributed by atoms with E-state index in [1.807, 2.05) is 0 Å². The number of allylic oxidation sites excluding steroid dienone is 1. The van der Waals surface area contributed by atoms with Crippen LogP contribution < -0.4 is 10.1 Å². The molecule has 3 aromatic carbocycles. The first-order valence-electron chi connectivity index (χ1n) is 19.7. The van der Waals surface area contributed by atoms with Gasteiger partial charge >= 0.3 is 0 Å². The van der Waals surface area contributed by atoms with Crippen molar-refractivity contribution in [2.24, 2.45) is 21.3 Å². The number of unbranched alkanes of at least 4 members (excludes halogenated alkanes) is 1. The van der Waals surface area contributed by atoms with Crippen LogP contribution >= 0.6 is 0 Å². The lowest BCUT2D eigenvalue weighted by Crippen LogP contribution is -2.42. The molecule has 0 bridgehead atoms. The molecule has 7 heteroatoms. The fraction of sp³-hybridized carbons (Fsp3) is 0.511. The van der Waals surface area contributed by atoms with Crippen LogP contribution in [0.5, 0.6) is 17.2 Å². The lowest BCUT2D eigenvalue weighted by Gasteiger charge is -2.37. The van der Waals surface area contributed by atoms with Gasteiger partial charge in [0.1, 0.15) is 34.5 Å². The predicted octanol–water partition coefficient (Wildman–Crippen LogP) is 10.5. The molecule has 0 fully saturated rings. The van der Waals surface area contributed by atoms with E-state index >= 15 is 0 Å². The molecule has 0 spiro atoms. The maximum Gasteiger partial charge on any atom is 0.249 e. The molecule has 2 unspecified atom stereocenters. The Balaban J connectivity index is 1.41. The van der Waals surface area contributed by atoms with E-state index in [2.05, 4.69) is 96.3 Å². The summed E-state index contributed by atoms with van der Waals surface area (Å²) in [4.78, 5) is 10.1. The number of amidine groups is 2. The van der Waals surface area contributed by atoms with E-state index in [9.17, 15) is 10.2 Å². The predicted molar refractivity (Wildman–Crippen MR) is 214 cm³/mol. The van der Waals surface area contributed by atoms with E-state index in [-0.39, 0.29) is 22.5 Å². The molecule has 3 aromatic rings. The van der Waals surface area contributed by atoms with E-state index < -0.39 is 12.0 Å². The molecule has 0 aromatic heterocycles. The Morgan fingerprint density at radius 1 is 0.865 bits per heavy atom. The second kappa shape index (κ2) is 15.9. The van der Waals surface area contributed by atoms with Crippen LogP contribution in [0.25, 0.3) is 17.2 Å². The number of nitrogens with zero attached hydrogens (tertiary/aromatic N) is 2. The number of aryl methyl sites for hydroxylation is 1. The number of ether oxygens (including phenoxy) is 2. The largest absolute Gasteiger partial charge is 0.507 e. The van der Waals surface area contributed by atoms with E-state index in [0.29, 0.717) is 29.9 Å². The first kappa shape index (κ1) is 37.7. The number of phenolic OH excluding ortho intramolecular Hbond substituents is 2. The lowest BCUT2D eigenvalue weighted by atomic mass is 9.78. The van der Waals surface area contributed by atoms with Gasteiger partial charge in [-0.2, -0.15) is 0 Å². The molecule has 0 saturated heterocycles. The van der Waals surface area contributed by atoms with Crippen LogP contribution in [-0.4, -0.2) is 40.4 Å². The number of rotatable bonds is 15. The van der Waals surface area contributed by atoms with Gasteiger partial charge in [-0.15, -0.1) is 0 Å². The highest BCUT2D eigenvalue weighted by atomic mass is 16.5. The third-order valence-electron chi connectivity index (χ3n) is 10.9. The highest BCUT2D eigenvalue weighted by Gasteiger charge is 2.35. The first-order chi connectivity index (χ1) is 24.9.